The third-order valence-electron chi connectivity index (χ3n) is 2.29. The molecule has 21 heavy (non-hydrogen) atoms. The molecule has 1 rings (SSSR count). The smallest absolute Gasteiger partial charge is 0.422 e. The van der Waals surface area contributed by atoms with E-state index in [4.69, 9.17) is 5.11 Å². The van der Waals surface area contributed by atoms with Crippen LogP contribution in [0.1, 0.15) is 18.1 Å². The van der Waals surface area contributed by atoms with Gasteiger partial charge >= 0.3 is 16.3 Å². The second kappa shape index (κ2) is 7.52. The highest BCUT2D eigenvalue weighted by Crippen LogP contribution is 2.17. The first kappa shape index (κ1) is 16.8. The number of aryl methyl sites for hydroxylation is 1. The van der Waals surface area contributed by atoms with Gasteiger partial charge in [-0.2, -0.15) is 8.42 Å². The van der Waals surface area contributed by atoms with Crippen molar-refractivity contribution in [3.05, 3.63) is 29.3 Å². The average molecular weight is 312 g/mol. The Kier molecular flexibility index (Phi) is 6.02. The van der Waals surface area contributed by atoms with Gasteiger partial charge in [0.1, 0.15) is 6.61 Å². The molecule has 0 aliphatic rings. The number of benzene rings is 1. The Morgan fingerprint density at radius 2 is 2.14 bits per heavy atom. The van der Waals surface area contributed by atoms with Gasteiger partial charge in [0.15, 0.2) is 0 Å². The first-order valence-electron chi connectivity index (χ1n) is 6.05. The number of aliphatic hydroxyl groups excluding tert-OH is 1. The second-order valence-corrected chi connectivity index (χ2v) is 5.33. The highest BCUT2D eigenvalue weighted by Gasteiger charge is 2.16. The fraction of sp³-hybridized carbons (Fsp3) is 0.308. The highest BCUT2D eigenvalue weighted by atomic mass is 32.2. The van der Waals surface area contributed by atoms with E-state index in [1.54, 1.807) is 30.7 Å². The van der Waals surface area contributed by atoms with E-state index < -0.39 is 16.3 Å². The maximum Gasteiger partial charge on any atom is 0.422 e. The summed E-state index contributed by atoms with van der Waals surface area (Å²) in [5.74, 6) is 5.12. The third-order valence-corrected chi connectivity index (χ3v) is 3.21. The summed E-state index contributed by atoms with van der Waals surface area (Å²) in [7, 11) is -4.09. The van der Waals surface area contributed by atoms with E-state index in [0.717, 1.165) is 0 Å². The van der Waals surface area contributed by atoms with Crippen molar-refractivity contribution >= 4 is 22.0 Å². The van der Waals surface area contributed by atoms with E-state index in [1.807, 2.05) is 0 Å². The number of ether oxygens (including phenoxy) is 1. The topological polar surface area (TPSA) is 105 Å². The van der Waals surface area contributed by atoms with Crippen LogP contribution >= 0.6 is 0 Å². The minimum Gasteiger partial charge on any atom is -0.449 e. The lowest BCUT2D eigenvalue weighted by molar-refractivity contribution is 0.159. The molecule has 0 bridgehead atoms. The molecule has 0 heterocycles. The summed E-state index contributed by atoms with van der Waals surface area (Å²) >= 11 is 0. The summed E-state index contributed by atoms with van der Waals surface area (Å²) in [6, 6.07) is 4.86. The van der Waals surface area contributed by atoms with Crippen molar-refractivity contribution in [2.75, 3.05) is 17.9 Å². The SMILES string of the molecule is CCOC(=O)NS(=O)(=O)Nc1cc(C#CCO)ccc1C. The largest absolute Gasteiger partial charge is 0.449 e. The first-order valence-corrected chi connectivity index (χ1v) is 7.54. The number of hydrogen-bond donors (Lipinski definition) is 3. The summed E-state index contributed by atoms with van der Waals surface area (Å²) < 4.78 is 32.0. The minimum absolute atomic E-state index is 0.0621. The van der Waals surface area contributed by atoms with Crippen LogP contribution in [0.2, 0.25) is 0 Å². The number of rotatable bonds is 4. The molecule has 114 valence electrons. The number of aliphatic hydroxyl groups is 1. The van der Waals surface area contributed by atoms with Gasteiger partial charge < -0.3 is 9.84 Å². The number of carbonyl (C=O) groups excluding carboxylic acids is 1. The molecule has 1 aromatic carbocycles. The van der Waals surface area contributed by atoms with E-state index in [2.05, 4.69) is 21.3 Å². The lowest BCUT2D eigenvalue weighted by Crippen LogP contribution is -2.35. The van der Waals surface area contributed by atoms with Crippen molar-refractivity contribution < 1.29 is 23.1 Å². The van der Waals surface area contributed by atoms with Crippen molar-refractivity contribution in [2.24, 2.45) is 0 Å². The van der Waals surface area contributed by atoms with Crippen LogP contribution in [0, 0.1) is 18.8 Å². The molecule has 0 saturated heterocycles. The number of hydrogen-bond acceptors (Lipinski definition) is 5. The number of nitrogens with one attached hydrogen (secondary N) is 2. The monoisotopic (exact) mass is 312 g/mol. The van der Waals surface area contributed by atoms with Gasteiger partial charge in [0.25, 0.3) is 0 Å². The Labute approximate surface area is 123 Å². The summed E-state index contributed by atoms with van der Waals surface area (Å²) in [6.45, 7) is 3.03. The van der Waals surface area contributed by atoms with Gasteiger partial charge in [-0.15, -0.1) is 0 Å². The van der Waals surface area contributed by atoms with Crippen LogP contribution < -0.4 is 9.44 Å². The van der Waals surface area contributed by atoms with Crippen LogP contribution in [0.5, 0.6) is 0 Å². The van der Waals surface area contributed by atoms with Crippen molar-refractivity contribution in [3.8, 4) is 11.8 Å². The zero-order valence-corrected chi connectivity index (χ0v) is 12.5. The summed E-state index contributed by atoms with van der Waals surface area (Å²) in [5, 5.41) is 8.64. The van der Waals surface area contributed by atoms with Crippen molar-refractivity contribution in [2.45, 2.75) is 13.8 Å². The summed E-state index contributed by atoms with van der Waals surface area (Å²) in [6.07, 6.45) is -1.06. The van der Waals surface area contributed by atoms with Gasteiger partial charge in [0, 0.05) is 5.56 Å². The van der Waals surface area contributed by atoms with E-state index in [0.29, 0.717) is 11.1 Å². The summed E-state index contributed by atoms with van der Waals surface area (Å²) in [4.78, 5) is 11.1. The zero-order valence-electron chi connectivity index (χ0n) is 11.6. The van der Waals surface area contributed by atoms with Gasteiger partial charge in [-0.25, -0.2) is 9.52 Å². The molecule has 7 nitrogen and oxygen atoms in total. The molecular formula is C13H16N2O5S. The second-order valence-electron chi connectivity index (χ2n) is 3.92. The van der Waals surface area contributed by atoms with Gasteiger partial charge in [0.05, 0.1) is 12.3 Å². The van der Waals surface area contributed by atoms with Crippen LogP contribution in [0.15, 0.2) is 18.2 Å². The van der Waals surface area contributed by atoms with E-state index in [1.165, 1.54) is 6.07 Å². The molecule has 0 aliphatic heterocycles. The fourth-order valence-corrected chi connectivity index (χ4v) is 2.23. The Morgan fingerprint density at radius 1 is 1.43 bits per heavy atom. The molecule has 0 fully saturated rings. The van der Waals surface area contributed by atoms with Crippen LogP contribution in [0.25, 0.3) is 0 Å². The van der Waals surface area contributed by atoms with Gasteiger partial charge in [0.2, 0.25) is 0 Å². The van der Waals surface area contributed by atoms with Crippen LogP contribution in [0.4, 0.5) is 10.5 Å². The van der Waals surface area contributed by atoms with Crippen molar-refractivity contribution in [3.63, 3.8) is 0 Å². The first-order chi connectivity index (χ1) is 9.88. The van der Waals surface area contributed by atoms with E-state index >= 15 is 0 Å². The lowest BCUT2D eigenvalue weighted by Gasteiger charge is -2.11. The molecule has 3 N–H and O–H groups in total. The molecular weight excluding hydrogens is 296 g/mol. The van der Waals surface area contributed by atoms with E-state index in [-0.39, 0.29) is 18.9 Å². The maximum atomic E-state index is 11.8. The quantitative estimate of drug-likeness (QED) is 0.711. The lowest BCUT2D eigenvalue weighted by atomic mass is 10.1. The molecule has 0 radical (unpaired) electrons. The zero-order chi connectivity index (χ0) is 15.9. The van der Waals surface area contributed by atoms with Crippen LogP contribution in [0.3, 0.4) is 0 Å². The third kappa shape index (κ3) is 5.72. The predicted octanol–water partition coefficient (Wildman–Crippen LogP) is 0.742. The Bertz CT molecular complexity index is 674. The van der Waals surface area contributed by atoms with Crippen LogP contribution in [-0.4, -0.2) is 32.8 Å². The molecule has 0 aliphatic carbocycles. The molecule has 1 aromatic rings. The molecule has 1 amide bonds. The number of carbonyl (C=O) groups is 1. The molecule has 0 saturated carbocycles. The molecule has 0 aromatic heterocycles. The maximum absolute atomic E-state index is 11.8. The van der Waals surface area contributed by atoms with Crippen molar-refractivity contribution in [1.82, 2.24) is 4.72 Å². The predicted molar refractivity (Wildman–Crippen MR) is 77.8 cm³/mol. The number of amides is 1. The molecule has 0 unspecified atom stereocenters. The minimum atomic E-state index is -4.09. The Balaban J connectivity index is 2.93. The van der Waals surface area contributed by atoms with Gasteiger partial charge in [-0.05, 0) is 31.5 Å². The Hall–Kier alpha value is -2.24. The van der Waals surface area contributed by atoms with Gasteiger partial charge in [-0.3, -0.25) is 4.72 Å². The molecule has 0 spiro atoms. The van der Waals surface area contributed by atoms with Crippen molar-refractivity contribution in [1.29, 1.82) is 0 Å². The van der Waals surface area contributed by atoms with Gasteiger partial charge in [-0.1, -0.05) is 17.9 Å². The molecule has 0 atom stereocenters. The average Bonchev–Trinajstić information content (AvgIpc) is 2.39. The standard InChI is InChI=1S/C13H16N2O5S/c1-3-20-13(17)15-21(18,19)14-12-9-11(5-4-8-16)7-6-10(12)2/h6-7,9,14,16H,3,8H2,1-2H3,(H,15,17). The normalized spacial score (nSPS) is 10.2. The fourth-order valence-electron chi connectivity index (χ4n) is 1.39. The van der Waals surface area contributed by atoms with Crippen LogP contribution in [-0.2, 0) is 14.9 Å². The summed E-state index contributed by atoms with van der Waals surface area (Å²) in [5.41, 5.74) is 1.46. The Morgan fingerprint density at radius 3 is 2.76 bits per heavy atom. The van der Waals surface area contributed by atoms with E-state index in [9.17, 15) is 13.2 Å². The number of anilines is 1. The molecule has 8 heteroatoms. The highest BCUT2D eigenvalue weighted by molar-refractivity contribution is 7.91.